The third-order valence-electron chi connectivity index (χ3n) is 8.19. The summed E-state index contributed by atoms with van der Waals surface area (Å²) < 4.78 is 11.2. The molecule has 5 heteroatoms. The third-order valence-corrected chi connectivity index (χ3v) is 8.19. The summed E-state index contributed by atoms with van der Waals surface area (Å²) in [6, 6.07) is 1.17. The molecule has 5 nitrogen and oxygen atoms in total. The zero-order valence-electron chi connectivity index (χ0n) is 19.2. The molecule has 0 aromatic carbocycles. The molecule has 0 aromatic rings. The lowest BCUT2D eigenvalue weighted by molar-refractivity contribution is -0.139. The normalized spacial score (nSPS) is 29.4. The van der Waals surface area contributed by atoms with Crippen molar-refractivity contribution in [3.63, 3.8) is 0 Å². The Morgan fingerprint density at radius 3 is 2.00 bits per heavy atom. The lowest BCUT2D eigenvalue weighted by atomic mass is 9.85. The molecule has 1 aliphatic heterocycles. The predicted molar refractivity (Wildman–Crippen MR) is 119 cm³/mol. The van der Waals surface area contributed by atoms with E-state index in [4.69, 9.17) is 9.47 Å². The first-order chi connectivity index (χ1) is 14.7. The van der Waals surface area contributed by atoms with E-state index in [-0.39, 0.29) is 12.5 Å². The van der Waals surface area contributed by atoms with Crippen LogP contribution in [0.2, 0.25) is 0 Å². The van der Waals surface area contributed by atoms with Gasteiger partial charge >= 0.3 is 0 Å². The van der Waals surface area contributed by atoms with Crippen molar-refractivity contribution in [2.45, 2.75) is 89.1 Å². The maximum absolute atomic E-state index is 12.8. The Bertz CT molecular complexity index is 516. The van der Waals surface area contributed by atoms with Crippen LogP contribution < -0.4 is 0 Å². The molecule has 1 amide bonds. The Morgan fingerprint density at radius 2 is 1.43 bits per heavy atom. The number of piperidine rings is 1. The summed E-state index contributed by atoms with van der Waals surface area (Å²) in [5, 5.41) is 0. The molecule has 30 heavy (non-hydrogen) atoms. The molecule has 0 unspecified atom stereocenters. The Kier molecular flexibility index (Phi) is 8.48. The average molecular weight is 421 g/mol. The maximum Gasteiger partial charge on any atom is 0.248 e. The Balaban J connectivity index is 1.19. The lowest BCUT2D eigenvalue weighted by Gasteiger charge is -2.44. The van der Waals surface area contributed by atoms with Gasteiger partial charge in [0, 0.05) is 52.0 Å². The standard InChI is InChI=1S/C25H44N2O3/c1-29-19-25(28)27(16-20-4-2-3-5-20)24-12-14-26(15-13-24)23-10-8-22(9-11-23)18-30-17-21-6-7-21/h20-24H,2-19H2,1H3/t22-,23+. The van der Waals surface area contributed by atoms with Crippen molar-refractivity contribution in [3.05, 3.63) is 0 Å². The van der Waals surface area contributed by atoms with Gasteiger partial charge in [0.2, 0.25) is 5.91 Å². The van der Waals surface area contributed by atoms with Gasteiger partial charge in [-0.2, -0.15) is 0 Å². The van der Waals surface area contributed by atoms with Crippen molar-refractivity contribution in [2.24, 2.45) is 17.8 Å². The number of carbonyl (C=O) groups is 1. The van der Waals surface area contributed by atoms with Crippen LogP contribution in [-0.2, 0) is 14.3 Å². The van der Waals surface area contributed by atoms with Gasteiger partial charge in [0.05, 0.1) is 0 Å². The molecule has 0 bridgehead atoms. The highest BCUT2D eigenvalue weighted by atomic mass is 16.5. The molecular formula is C25H44N2O3. The second kappa shape index (κ2) is 11.3. The van der Waals surface area contributed by atoms with E-state index in [0.717, 1.165) is 63.6 Å². The highest BCUT2D eigenvalue weighted by Gasteiger charge is 2.34. The molecule has 1 saturated heterocycles. The lowest BCUT2D eigenvalue weighted by Crippen LogP contribution is -2.52. The summed E-state index contributed by atoms with van der Waals surface area (Å²) in [5.41, 5.74) is 0. The maximum atomic E-state index is 12.8. The predicted octanol–water partition coefficient (Wildman–Crippen LogP) is 4.10. The second-order valence-corrected chi connectivity index (χ2v) is 10.6. The van der Waals surface area contributed by atoms with Gasteiger partial charge in [0.25, 0.3) is 0 Å². The van der Waals surface area contributed by atoms with Crippen LogP contribution in [0.5, 0.6) is 0 Å². The van der Waals surface area contributed by atoms with Crippen molar-refractivity contribution >= 4 is 5.91 Å². The van der Waals surface area contributed by atoms with Crippen molar-refractivity contribution < 1.29 is 14.3 Å². The number of rotatable bonds is 10. The minimum atomic E-state index is 0.203. The molecule has 3 saturated carbocycles. The monoisotopic (exact) mass is 420 g/mol. The van der Waals surface area contributed by atoms with Gasteiger partial charge in [0.15, 0.2) is 0 Å². The molecule has 0 spiro atoms. The summed E-state index contributed by atoms with van der Waals surface area (Å²) in [4.78, 5) is 17.7. The van der Waals surface area contributed by atoms with Crippen LogP contribution >= 0.6 is 0 Å². The number of nitrogens with zero attached hydrogens (tertiary/aromatic N) is 2. The van der Waals surface area contributed by atoms with E-state index in [1.54, 1.807) is 7.11 Å². The summed E-state index contributed by atoms with van der Waals surface area (Å²) in [6.45, 7) is 5.49. The smallest absolute Gasteiger partial charge is 0.248 e. The molecule has 0 radical (unpaired) electrons. The molecule has 4 rings (SSSR count). The van der Waals surface area contributed by atoms with Gasteiger partial charge in [-0.25, -0.2) is 0 Å². The molecule has 3 aliphatic carbocycles. The van der Waals surface area contributed by atoms with Crippen molar-refractivity contribution in [2.75, 3.05) is 46.6 Å². The van der Waals surface area contributed by atoms with Crippen LogP contribution in [0.1, 0.15) is 77.0 Å². The summed E-state index contributed by atoms with van der Waals surface area (Å²) in [5.74, 6) is 2.58. The molecule has 1 heterocycles. The molecule has 4 fully saturated rings. The fourth-order valence-electron chi connectivity index (χ4n) is 6.06. The minimum Gasteiger partial charge on any atom is -0.381 e. The zero-order chi connectivity index (χ0) is 20.8. The fourth-order valence-corrected chi connectivity index (χ4v) is 6.06. The van der Waals surface area contributed by atoms with Crippen LogP contribution in [0.15, 0.2) is 0 Å². The Labute approximate surface area is 183 Å². The minimum absolute atomic E-state index is 0.203. The number of hydrogen-bond acceptors (Lipinski definition) is 4. The molecule has 0 atom stereocenters. The van der Waals surface area contributed by atoms with Crippen LogP contribution in [0, 0.1) is 17.8 Å². The van der Waals surface area contributed by atoms with E-state index in [0.29, 0.717) is 12.0 Å². The number of hydrogen-bond donors (Lipinski definition) is 0. The highest BCUT2D eigenvalue weighted by molar-refractivity contribution is 5.77. The van der Waals surface area contributed by atoms with Crippen LogP contribution in [0.25, 0.3) is 0 Å². The first-order valence-corrected chi connectivity index (χ1v) is 12.8. The summed E-state index contributed by atoms with van der Waals surface area (Å²) >= 11 is 0. The Hall–Kier alpha value is -0.650. The van der Waals surface area contributed by atoms with Crippen LogP contribution in [-0.4, -0.2) is 74.4 Å². The quantitative estimate of drug-likeness (QED) is 0.534. The zero-order valence-corrected chi connectivity index (χ0v) is 19.2. The number of carbonyl (C=O) groups excluding carboxylic acids is 1. The van der Waals surface area contributed by atoms with E-state index >= 15 is 0 Å². The molecule has 4 aliphatic rings. The van der Waals surface area contributed by atoms with Gasteiger partial charge < -0.3 is 19.3 Å². The number of ether oxygens (including phenoxy) is 2. The van der Waals surface area contributed by atoms with Crippen molar-refractivity contribution in [3.8, 4) is 0 Å². The first-order valence-electron chi connectivity index (χ1n) is 12.8. The number of methoxy groups -OCH3 is 1. The summed E-state index contributed by atoms with van der Waals surface area (Å²) in [7, 11) is 1.64. The molecule has 172 valence electrons. The van der Waals surface area contributed by atoms with E-state index in [2.05, 4.69) is 9.80 Å². The van der Waals surface area contributed by atoms with Crippen LogP contribution in [0.3, 0.4) is 0 Å². The third kappa shape index (κ3) is 6.43. The SMILES string of the molecule is COCC(=O)N(CC1CCCC1)C1CCN([C@H]2CC[C@@H](COCC3CC3)CC2)CC1. The molecular weight excluding hydrogens is 376 g/mol. The van der Waals surface area contributed by atoms with Gasteiger partial charge in [-0.15, -0.1) is 0 Å². The van der Waals surface area contributed by atoms with Gasteiger partial charge in [-0.3, -0.25) is 4.79 Å². The number of amides is 1. The van der Waals surface area contributed by atoms with Crippen molar-refractivity contribution in [1.29, 1.82) is 0 Å². The van der Waals surface area contributed by atoms with E-state index in [9.17, 15) is 4.79 Å². The van der Waals surface area contributed by atoms with Gasteiger partial charge in [-0.1, -0.05) is 12.8 Å². The van der Waals surface area contributed by atoms with E-state index in [1.807, 2.05) is 0 Å². The molecule has 0 N–H and O–H groups in total. The van der Waals surface area contributed by atoms with E-state index < -0.39 is 0 Å². The van der Waals surface area contributed by atoms with Gasteiger partial charge in [0.1, 0.15) is 6.61 Å². The van der Waals surface area contributed by atoms with Crippen LogP contribution in [0.4, 0.5) is 0 Å². The average Bonchev–Trinajstić information content (AvgIpc) is 3.45. The van der Waals surface area contributed by atoms with Gasteiger partial charge in [-0.05, 0) is 82.0 Å². The largest absolute Gasteiger partial charge is 0.381 e. The fraction of sp³-hybridized carbons (Fsp3) is 0.960. The second-order valence-electron chi connectivity index (χ2n) is 10.6. The Morgan fingerprint density at radius 1 is 0.833 bits per heavy atom. The summed E-state index contributed by atoms with van der Waals surface area (Å²) in [6.07, 6.45) is 15.6. The van der Waals surface area contributed by atoms with Crippen molar-refractivity contribution in [1.82, 2.24) is 9.80 Å². The number of likely N-dealkylation sites (tertiary alicyclic amines) is 1. The first kappa shape index (κ1) is 22.5. The van der Waals surface area contributed by atoms with E-state index in [1.165, 1.54) is 64.2 Å². The topological polar surface area (TPSA) is 42.0 Å². The highest BCUT2D eigenvalue weighted by Crippen LogP contribution is 2.33. The molecule has 0 aromatic heterocycles.